The number of hydroxylamine groups is 1. The number of rotatable bonds is 1. The number of nitrogens with zero attached hydrogens (tertiary/aromatic N) is 1. The van der Waals surface area contributed by atoms with Gasteiger partial charge in [0.1, 0.15) is 6.10 Å². The van der Waals surface area contributed by atoms with Crippen LogP contribution in [-0.2, 0) is 4.84 Å². The zero-order valence-electron chi connectivity index (χ0n) is 6.82. The molecule has 0 fully saturated rings. The molecular weight excluding hydrogens is 152 g/mol. The van der Waals surface area contributed by atoms with Crippen LogP contribution < -0.4 is 5.48 Å². The molecule has 1 unspecified atom stereocenters. The van der Waals surface area contributed by atoms with Crippen molar-refractivity contribution in [3.8, 4) is 0 Å². The third kappa shape index (κ3) is 1.31. The van der Waals surface area contributed by atoms with Gasteiger partial charge in [-0.05, 0) is 25.1 Å². The Hall–Kier alpha value is -1.35. The number of hydrogen-bond donors (Lipinski definition) is 1. The molecule has 1 aliphatic rings. The maximum absolute atomic E-state index is 5.14. The van der Waals surface area contributed by atoms with Crippen LogP contribution in [0.2, 0.25) is 0 Å². The molecule has 2 heterocycles. The Labute approximate surface area is 71.0 Å². The van der Waals surface area contributed by atoms with E-state index in [1.165, 1.54) is 0 Å². The molecule has 0 saturated carbocycles. The lowest BCUT2D eigenvalue weighted by Crippen LogP contribution is -2.09. The molecule has 0 aliphatic carbocycles. The molecule has 1 aromatic heterocycles. The minimum absolute atomic E-state index is 0.127. The highest BCUT2D eigenvalue weighted by molar-refractivity contribution is 5.61. The molecule has 0 spiro atoms. The number of nitrogens with one attached hydrogen (secondary N) is 1. The van der Waals surface area contributed by atoms with E-state index in [4.69, 9.17) is 4.84 Å². The Balaban J connectivity index is 2.27. The molecular formula is C9H10N2O. The van der Waals surface area contributed by atoms with E-state index in [1.54, 1.807) is 6.20 Å². The first-order valence-electron chi connectivity index (χ1n) is 3.91. The van der Waals surface area contributed by atoms with Crippen molar-refractivity contribution in [2.75, 3.05) is 0 Å². The van der Waals surface area contributed by atoms with Crippen molar-refractivity contribution in [1.82, 2.24) is 10.5 Å². The Bertz CT molecular complexity index is 295. The topological polar surface area (TPSA) is 34.2 Å². The zero-order chi connectivity index (χ0) is 8.39. The summed E-state index contributed by atoms with van der Waals surface area (Å²) in [5.74, 6) is 0. The minimum Gasteiger partial charge on any atom is -0.269 e. The maximum Gasteiger partial charge on any atom is 0.103 e. The molecule has 3 heteroatoms. The van der Waals surface area contributed by atoms with E-state index >= 15 is 0 Å². The SMILES string of the molecule is CC1C=C(c2ccccn2)NO1. The highest BCUT2D eigenvalue weighted by atomic mass is 16.7. The summed E-state index contributed by atoms with van der Waals surface area (Å²) in [6.45, 7) is 1.98. The van der Waals surface area contributed by atoms with Gasteiger partial charge in [0, 0.05) is 6.20 Å². The van der Waals surface area contributed by atoms with E-state index in [9.17, 15) is 0 Å². The summed E-state index contributed by atoms with van der Waals surface area (Å²) in [6.07, 6.45) is 3.89. The van der Waals surface area contributed by atoms with Gasteiger partial charge in [-0.15, -0.1) is 0 Å². The van der Waals surface area contributed by atoms with Crippen LogP contribution in [0.25, 0.3) is 5.70 Å². The van der Waals surface area contributed by atoms with Gasteiger partial charge in [0.05, 0.1) is 11.4 Å². The molecule has 1 aliphatic heterocycles. The smallest absolute Gasteiger partial charge is 0.103 e. The molecule has 1 atom stereocenters. The average molecular weight is 162 g/mol. The van der Waals surface area contributed by atoms with Crippen LogP contribution in [0.1, 0.15) is 12.6 Å². The van der Waals surface area contributed by atoms with Crippen LogP contribution in [0.15, 0.2) is 30.5 Å². The van der Waals surface area contributed by atoms with Gasteiger partial charge >= 0.3 is 0 Å². The lowest BCUT2D eigenvalue weighted by atomic mass is 10.2. The second-order valence-electron chi connectivity index (χ2n) is 2.72. The summed E-state index contributed by atoms with van der Waals surface area (Å²) in [6, 6.07) is 5.79. The second kappa shape index (κ2) is 2.95. The third-order valence-corrected chi connectivity index (χ3v) is 1.70. The van der Waals surface area contributed by atoms with Crippen molar-refractivity contribution in [2.45, 2.75) is 13.0 Å². The third-order valence-electron chi connectivity index (χ3n) is 1.70. The first-order chi connectivity index (χ1) is 5.86. The summed E-state index contributed by atoms with van der Waals surface area (Å²) in [5, 5.41) is 0. The van der Waals surface area contributed by atoms with E-state index in [1.807, 2.05) is 31.2 Å². The molecule has 3 nitrogen and oxygen atoms in total. The fourth-order valence-electron chi connectivity index (χ4n) is 1.12. The Kier molecular flexibility index (Phi) is 1.80. The van der Waals surface area contributed by atoms with Crippen LogP contribution in [0.4, 0.5) is 0 Å². The molecule has 1 N–H and O–H groups in total. The average Bonchev–Trinajstić information content (AvgIpc) is 2.54. The summed E-state index contributed by atoms with van der Waals surface area (Å²) in [5.41, 5.74) is 4.69. The monoisotopic (exact) mass is 162 g/mol. The van der Waals surface area contributed by atoms with Crippen molar-refractivity contribution in [1.29, 1.82) is 0 Å². The largest absolute Gasteiger partial charge is 0.269 e. The Morgan fingerprint density at radius 2 is 2.42 bits per heavy atom. The van der Waals surface area contributed by atoms with Crippen LogP contribution in [0.5, 0.6) is 0 Å². The molecule has 2 rings (SSSR count). The molecule has 0 aromatic carbocycles. The maximum atomic E-state index is 5.14. The fraction of sp³-hybridized carbons (Fsp3) is 0.222. The van der Waals surface area contributed by atoms with Crippen LogP contribution in [0.3, 0.4) is 0 Å². The van der Waals surface area contributed by atoms with Gasteiger partial charge in [0.2, 0.25) is 0 Å². The van der Waals surface area contributed by atoms with Crippen molar-refractivity contribution in [3.63, 3.8) is 0 Å². The normalized spacial score (nSPS) is 21.8. The molecule has 0 radical (unpaired) electrons. The van der Waals surface area contributed by atoms with Crippen molar-refractivity contribution in [2.24, 2.45) is 0 Å². The van der Waals surface area contributed by atoms with Crippen LogP contribution in [-0.4, -0.2) is 11.1 Å². The second-order valence-corrected chi connectivity index (χ2v) is 2.72. The van der Waals surface area contributed by atoms with Crippen molar-refractivity contribution >= 4 is 5.70 Å². The lowest BCUT2D eigenvalue weighted by Gasteiger charge is -2.01. The minimum atomic E-state index is 0.127. The zero-order valence-corrected chi connectivity index (χ0v) is 6.82. The highest BCUT2D eigenvalue weighted by Gasteiger charge is 2.12. The highest BCUT2D eigenvalue weighted by Crippen LogP contribution is 2.14. The molecule has 0 amide bonds. The van der Waals surface area contributed by atoms with Gasteiger partial charge in [-0.25, -0.2) is 0 Å². The van der Waals surface area contributed by atoms with Crippen LogP contribution >= 0.6 is 0 Å². The van der Waals surface area contributed by atoms with E-state index in [0.717, 1.165) is 11.4 Å². The standard InChI is InChI=1S/C9H10N2O/c1-7-6-9(11-12-7)8-4-2-3-5-10-8/h2-7,11H,1H3. The van der Waals surface area contributed by atoms with Gasteiger partial charge in [0.15, 0.2) is 0 Å². The van der Waals surface area contributed by atoms with Gasteiger partial charge in [-0.2, -0.15) is 0 Å². The van der Waals surface area contributed by atoms with E-state index in [-0.39, 0.29) is 6.10 Å². The quantitative estimate of drug-likeness (QED) is 0.676. The van der Waals surface area contributed by atoms with Crippen molar-refractivity contribution in [3.05, 3.63) is 36.2 Å². The van der Waals surface area contributed by atoms with E-state index in [2.05, 4.69) is 10.5 Å². The summed E-state index contributed by atoms with van der Waals surface area (Å²) < 4.78 is 0. The van der Waals surface area contributed by atoms with Gasteiger partial charge in [0.25, 0.3) is 0 Å². The summed E-state index contributed by atoms with van der Waals surface area (Å²) in [4.78, 5) is 9.32. The molecule has 62 valence electrons. The van der Waals surface area contributed by atoms with Gasteiger partial charge in [-0.1, -0.05) is 6.07 Å². The lowest BCUT2D eigenvalue weighted by molar-refractivity contribution is 0.0624. The molecule has 1 aromatic rings. The van der Waals surface area contributed by atoms with Gasteiger partial charge in [-0.3, -0.25) is 15.3 Å². The predicted octanol–water partition coefficient (Wildman–Crippen LogP) is 1.35. The molecule has 0 saturated heterocycles. The number of aromatic nitrogens is 1. The van der Waals surface area contributed by atoms with Crippen LogP contribution in [0, 0.1) is 0 Å². The number of hydrogen-bond acceptors (Lipinski definition) is 3. The van der Waals surface area contributed by atoms with Gasteiger partial charge < -0.3 is 0 Å². The first kappa shape index (κ1) is 7.31. The molecule has 12 heavy (non-hydrogen) atoms. The predicted molar refractivity (Wildman–Crippen MR) is 45.9 cm³/mol. The summed E-state index contributed by atoms with van der Waals surface area (Å²) in [7, 11) is 0. The molecule has 0 bridgehead atoms. The fourth-order valence-corrected chi connectivity index (χ4v) is 1.12. The Morgan fingerprint density at radius 1 is 1.50 bits per heavy atom. The summed E-state index contributed by atoms with van der Waals surface area (Å²) >= 11 is 0. The van der Waals surface area contributed by atoms with Crippen molar-refractivity contribution < 1.29 is 4.84 Å². The van der Waals surface area contributed by atoms with E-state index in [0.29, 0.717) is 0 Å². The number of pyridine rings is 1. The van der Waals surface area contributed by atoms with E-state index < -0.39 is 0 Å². The Morgan fingerprint density at radius 3 is 3.00 bits per heavy atom. The first-order valence-corrected chi connectivity index (χ1v) is 3.91.